The maximum atomic E-state index is 5.21. The van der Waals surface area contributed by atoms with E-state index < -0.39 is 0 Å². The van der Waals surface area contributed by atoms with E-state index in [4.69, 9.17) is 10.7 Å². The van der Waals surface area contributed by atoms with E-state index in [1.54, 1.807) is 0 Å². The van der Waals surface area contributed by atoms with Crippen LogP contribution >= 0.6 is 0 Å². The Balaban J connectivity index is 2.28. The first-order valence-corrected chi connectivity index (χ1v) is 4.76. The van der Waals surface area contributed by atoms with Crippen molar-refractivity contribution in [3.05, 3.63) is 35.4 Å². The standard InChI is InChI=1S/C11H15NO/c1-8(13-12)10-7-6-9-4-2-3-5-11(9)10/h2-5,8,10H,6-7,12H2,1H3. The molecule has 2 rings (SSSR count). The molecule has 0 heterocycles. The average Bonchev–Trinajstić information content (AvgIpc) is 2.60. The molecule has 0 spiro atoms. The third-order valence-corrected chi connectivity index (χ3v) is 2.96. The molecule has 1 aliphatic rings. The van der Waals surface area contributed by atoms with Crippen LogP contribution in [0, 0.1) is 0 Å². The molecule has 13 heavy (non-hydrogen) atoms. The molecule has 0 aliphatic heterocycles. The topological polar surface area (TPSA) is 35.2 Å². The smallest absolute Gasteiger partial charge is 0.0827 e. The average molecular weight is 177 g/mol. The van der Waals surface area contributed by atoms with Gasteiger partial charge in [0.1, 0.15) is 0 Å². The lowest BCUT2D eigenvalue weighted by Crippen LogP contribution is -2.20. The highest BCUT2D eigenvalue weighted by Crippen LogP contribution is 2.35. The van der Waals surface area contributed by atoms with Crippen molar-refractivity contribution in [3.63, 3.8) is 0 Å². The van der Waals surface area contributed by atoms with Crippen molar-refractivity contribution >= 4 is 0 Å². The summed E-state index contributed by atoms with van der Waals surface area (Å²) in [5.74, 6) is 5.70. The lowest BCUT2D eigenvalue weighted by atomic mass is 9.96. The van der Waals surface area contributed by atoms with E-state index in [-0.39, 0.29) is 6.10 Å². The number of fused-ring (bicyclic) bond motifs is 1. The second-order valence-electron chi connectivity index (χ2n) is 3.69. The van der Waals surface area contributed by atoms with Crippen molar-refractivity contribution in [3.8, 4) is 0 Å². The van der Waals surface area contributed by atoms with Crippen LogP contribution in [0.15, 0.2) is 24.3 Å². The number of aryl methyl sites for hydroxylation is 1. The first-order valence-electron chi connectivity index (χ1n) is 4.76. The van der Waals surface area contributed by atoms with E-state index in [0.29, 0.717) is 5.92 Å². The van der Waals surface area contributed by atoms with Gasteiger partial charge < -0.3 is 4.84 Å². The van der Waals surface area contributed by atoms with Crippen molar-refractivity contribution in [2.45, 2.75) is 31.8 Å². The van der Waals surface area contributed by atoms with E-state index in [1.807, 2.05) is 6.92 Å². The van der Waals surface area contributed by atoms with Gasteiger partial charge in [0.2, 0.25) is 0 Å². The van der Waals surface area contributed by atoms with Crippen molar-refractivity contribution in [2.75, 3.05) is 0 Å². The van der Waals surface area contributed by atoms with E-state index in [0.717, 1.165) is 12.8 Å². The maximum absolute atomic E-state index is 5.21. The van der Waals surface area contributed by atoms with Gasteiger partial charge in [-0.1, -0.05) is 24.3 Å². The molecule has 0 aromatic heterocycles. The molecule has 1 aromatic carbocycles. The van der Waals surface area contributed by atoms with Crippen molar-refractivity contribution in [1.29, 1.82) is 0 Å². The van der Waals surface area contributed by atoms with Crippen LogP contribution in [-0.4, -0.2) is 6.10 Å². The summed E-state index contributed by atoms with van der Waals surface area (Å²) < 4.78 is 0. The fraction of sp³-hybridized carbons (Fsp3) is 0.455. The molecule has 2 N–H and O–H groups in total. The fourth-order valence-corrected chi connectivity index (χ4v) is 2.17. The normalized spacial score (nSPS) is 22.8. The van der Waals surface area contributed by atoms with E-state index >= 15 is 0 Å². The number of nitrogens with two attached hydrogens (primary N) is 1. The van der Waals surface area contributed by atoms with E-state index in [1.165, 1.54) is 11.1 Å². The Bertz CT molecular complexity index is 298. The quantitative estimate of drug-likeness (QED) is 0.701. The summed E-state index contributed by atoms with van der Waals surface area (Å²) >= 11 is 0. The minimum Gasteiger partial charge on any atom is -0.301 e. The van der Waals surface area contributed by atoms with Crippen LogP contribution in [0.4, 0.5) is 0 Å². The van der Waals surface area contributed by atoms with Crippen molar-refractivity contribution < 1.29 is 4.84 Å². The van der Waals surface area contributed by atoms with Crippen LogP contribution in [0.2, 0.25) is 0 Å². The molecular formula is C11H15NO. The minimum atomic E-state index is 0.128. The van der Waals surface area contributed by atoms with Crippen LogP contribution in [-0.2, 0) is 11.3 Å². The molecule has 0 amide bonds. The van der Waals surface area contributed by atoms with E-state index in [2.05, 4.69) is 24.3 Å². The molecule has 2 heteroatoms. The molecule has 2 atom stereocenters. The zero-order valence-corrected chi connectivity index (χ0v) is 7.86. The van der Waals surface area contributed by atoms with Crippen LogP contribution in [0.5, 0.6) is 0 Å². The molecular weight excluding hydrogens is 162 g/mol. The Labute approximate surface area is 78.7 Å². The molecule has 2 nitrogen and oxygen atoms in total. The van der Waals surface area contributed by atoms with Gasteiger partial charge in [-0.3, -0.25) is 0 Å². The van der Waals surface area contributed by atoms with Gasteiger partial charge in [-0.05, 0) is 30.9 Å². The molecule has 2 unspecified atom stereocenters. The summed E-state index contributed by atoms with van der Waals surface area (Å²) in [6.07, 6.45) is 2.45. The van der Waals surface area contributed by atoms with Crippen LogP contribution in [0.25, 0.3) is 0 Å². The van der Waals surface area contributed by atoms with Gasteiger partial charge >= 0.3 is 0 Å². The van der Waals surface area contributed by atoms with Crippen molar-refractivity contribution in [2.24, 2.45) is 5.90 Å². The van der Waals surface area contributed by atoms with Gasteiger partial charge in [0.05, 0.1) is 6.10 Å². The first-order chi connectivity index (χ1) is 6.33. The van der Waals surface area contributed by atoms with Gasteiger partial charge in [-0.2, -0.15) is 0 Å². The summed E-state index contributed by atoms with van der Waals surface area (Å²) in [7, 11) is 0. The Hall–Kier alpha value is -0.860. The Kier molecular flexibility index (Phi) is 2.34. The van der Waals surface area contributed by atoms with Crippen LogP contribution < -0.4 is 5.90 Å². The van der Waals surface area contributed by atoms with Gasteiger partial charge in [-0.15, -0.1) is 0 Å². The molecule has 0 saturated heterocycles. The monoisotopic (exact) mass is 177 g/mol. The molecule has 0 radical (unpaired) electrons. The fourth-order valence-electron chi connectivity index (χ4n) is 2.17. The SMILES string of the molecule is CC(ON)C1CCc2ccccc21. The molecule has 1 aliphatic carbocycles. The molecule has 0 saturated carbocycles. The molecule has 0 bridgehead atoms. The summed E-state index contributed by atoms with van der Waals surface area (Å²) in [5.41, 5.74) is 2.87. The first kappa shape index (κ1) is 8.73. The van der Waals surface area contributed by atoms with Gasteiger partial charge in [0.15, 0.2) is 0 Å². The number of hydrogen-bond acceptors (Lipinski definition) is 2. The minimum absolute atomic E-state index is 0.128. The van der Waals surface area contributed by atoms with Gasteiger partial charge in [0, 0.05) is 5.92 Å². The van der Waals surface area contributed by atoms with Crippen LogP contribution in [0.3, 0.4) is 0 Å². The summed E-state index contributed by atoms with van der Waals surface area (Å²) in [6.45, 7) is 2.03. The summed E-state index contributed by atoms with van der Waals surface area (Å²) in [5, 5.41) is 0. The second-order valence-corrected chi connectivity index (χ2v) is 3.69. The van der Waals surface area contributed by atoms with Gasteiger partial charge in [0.25, 0.3) is 0 Å². The molecule has 1 aromatic rings. The molecule has 70 valence electrons. The number of benzene rings is 1. The summed E-state index contributed by atoms with van der Waals surface area (Å²) in [6, 6.07) is 8.55. The lowest BCUT2D eigenvalue weighted by molar-refractivity contribution is 0.0470. The van der Waals surface area contributed by atoms with Gasteiger partial charge in [-0.25, -0.2) is 5.90 Å². The van der Waals surface area contributed by atoms with E-state index in [9.17, 15) is 0 Å². The Morgan fingerprint density at radius 2 is 2.23 bits per heavy atom. The maximum Gasteiger partial charge on any atom is 0.0827 e. The Morgan fingerprint density at radius 1 is 1.46 bits per heavy atom. The predicted molar refractivity (Wildman–Crippen MR) is 52.2 cm³/mol. The summed E-state index contributed by atoms with van der Waals surface area (Å²) in [4.78, 5) is 4.89. The highest BCUT2D eigenvalue weighted by atomic mass is 16.6. The second kappa shape index (κ2) is 3.48. The highest BCUT2D eigenvalue weighted by molar-refractivity contribution is 5.35. The zero-order valence-electron chi connectivity index (χ0n) is 7.86. The third kappa shape index (κ3) is 1.47. The highest BCUT2D eigenvalue weighted by Gasteiger charge is 2.26. The zero-order chi connectivity index (χ0) is 9.26. The van der Waals surface area contributed by atoms with Crippen LogP contribution in [0.1, 0.15) is 30.4 Å². The van der Waals surface area contributed by atoms with Crippen molar-refractivity contribution in [1.82, 2.24) is 0 Å². The Morgan fingerprint density at radius 3 is 3.00 bits per heavy atom. The third-order valence-electron chi connectivity index (χ3n) is 2.96. The molecule has 0 fully saturated rings. The number of hydrogen-bond donors (Lipinski definition) is 1. The number of rotatable bonds is 2. The predicted octanol–water partition coefficient (Wildman–Crippen LogP) is 2.00. The largest absolute Gasteiger partial charge is 0.301 e. The lowest BCUT2D eigenvalue weighted by Gasteiger charge is -2.17.